The summed E-state index contributed by atoms with van der Waals surface area (Å²) >= 11 is 0. The fourth-order valence-electron chi connectivity index (χ4n) is 3.54. The first-order valence-corrected chi connectivity index (χ1v) is 11.0. The number of fused-ring (bicyclic) bond motifs is 1. The molecule has 2 aromatic carbocycles. The molecule has 0 spiro atoms. The van der Waals surface area contributed by atoms with Crippen LogP contribution in [0.5, 0.6) is 5.75 Å². The van der Waals surface area contributed by atoms with E-state index >= 15 is 0 Å². The quantitative estimate of drug-likeness (QED) is 0.454. The van der Waals surface area contributed by atoms with Gasteiger partial charge in [-0.2, -0.15) is 0 Å². The summed E-state index contributed by atoms with van der Waals surface area (Å²) in [4.78, 5) is 30.8. The minimum absolute atomic E-state index is 0.0524. The van der Waals surface area contributed by atoms with E-state index in [1.807, 2.05) is 30.3 Å². The van der Waals surface area contributed by atoms with Crippen LogP contribution in [-0.4, -0.2) is 61.8 Å². The molecule has 2 aromatic rings. The lowest BCUT2D eigenvalue weighted by Crippen LogP contribution is -2.48. The van der Waals surface area contributed by atoms with Crippen molar-refractivity contribution < 1.29 is 24.2 Å². The van der Waals surface area contributed by atoms with Gasteiger partial charge in [-0.05, 0) is 35.5 Å². The van der Waals surface area contributed by atoms with Crippen molar-refractivity contribution in [1.29, 1.82) is 0 Å². The average molecular weight is 475 g/mol. The number of urea groups is 1. The predicted octanol–water partition coefficient (Wildman–Crippen LogP) is 1.39. The Balaban J connectivity index is 1.41. The second-order valence-electron chi connectivity index (χ2n) is 8.33. The maximum absolute atomic E-state index is 13.0. The van der Waals surface area contributed by atoms with Gasteiger partial charge in [-0.1, -0.05) is 42.2 Å². The number of ether oxygens (including phenoxy) is 2. The Morgan fingerprint density at radius 2 is 2.09 bits per heavy atom. The number of aliphatic imine (C=N–C) groups is 1. The Labute approximate surface area is 203 Å². The minimum atomic E-state index is -1.14. The summed E-state index contributed by atoms with van der Waals surface area (Å²) in [6, 6.07) is 13.2. The van der Waals surface area contributed by atoms with Crippen LogP contribution in [0.1, 0.15) is 11.1 Å². The number of rotatable bonds is 4. The third kappa shape index (κ3) is 5.87. The van der Waals surface area contributed by atoms with Gasteiger partial charge in [0.25, 0.3) is 5.91 Å². The number of nitrogens with zero attached hydrogens (tertiary/aromatic N) is 2. The highest BCUT2D eigenvalue weighted by Gasteiger charge is 2.34. The molecule has 35 heavy (non-hydrogen) atoms. The molecule has 0 radical (unpaired) electrons. The molecule has 4 rings (SSSR count). The number of amides is 3. The van der Waals surface area contributed by atoms with Crippen molar-refractivity contribution >= 4 is 23.8 Å². The van der Waals surface area contributed by atoms with Gasteiger partial charge in [-0.3, -0.25) is 4.79 Å². The van der Waals surface area contributed by atoms with Crippen LogP contribution in [0.15, 0.2) is 65.3 Å². The lowest BCUT2D eigenvalue weighted by molar-refractivity contribution is -0.140. The van der Waals surface area contributed by atoms with Gasteiger partial charge in [0.1, 0.15) is 18.4 Å². The van der Waals surface area contributed by atoms with E-state index in [0.717, 1.165) is 5.56 Å². The van der Waals surface area contributed by atoms with Crippen LogP contribution in [0, 0.1) is 11.8 Å². The van der Waals surface area contributed by atoms with Gasteiger partial charge in [0.2, 0.25) is 0 Å². The number of benzene rings is 2. The molecule has 0 bridgehead atoms. The molecule has 1 atom stereocenters. The molecule has 0 saturated carbocycles. The first-order chi connectivity index (χ1) is 16.9. The van der Waals surface area contributed by atoms with E-state index in [0.29, 0.717) is 29.0 Å². The average Bonchev–Trinajstić information content (AvgIpc) is 2.96. The molecule has 9 nitrogen and oxygen atoms in total. The number of nitrogens with one attached hydrogen (secondary N) is 1. The van der Waals surface area contributed by atoms with Crippen molar-refractivity contribution in [3.05, 3.63) is 71.4 Å². The monoisotopic (exact) mass is 474 g/mol. The van der Waals surface area contributed by atoms with Crippen molar-refractivity contribution in [2.45, 2.75) is 18.1 Å². The maximum Gasteiger partial charge on any atom is 0.341 e. The summed E-state index contributed by atoms with van der Waals surface area (Å²) in [5.74, 6) is 5.82. The number of allylic oxidation sites excluding steroid dienone is 1. The Kier molecular flexibility index (Phi) is 7.15. The van der Waals surface area contributed by atoms with Crippen molar-refractivity contribution in [3.63, 3.8) is 0 Å². The number of carbonyl (C=O) groups excluding carboxylic acids is 2. The van der Waals surface area contributed by atoms with Crippen LogP contribution in [0.2, 0.25) is 0 Å². The van der Waals surface area contributed by atoms with Gasteiger partial charge in [0.05, 0.1) is 18.9 Å². The topological polar surface area (TPSA) is 126 Å². The molecule has 1 fully saturated rings. The highest BCUT2D eigenvalue weighted by Crippen LogP contribution is 2.31. The summed E-state index contributed by atoms with van der Waals surface area (Å²) in [5, 5.41) is 12.7. The summed E-state index contributed by atoms with van der Waals surface area (Å²) < 4.78 is 10.8. The summed E-state index contributed by atoms with van der Waals surface area (Å²) in [6.45, 7) is 0.291. The van der Waals surface area contributed by atoms with E-state index in [9.17, 15) is 14.7 Å². The van der Waals surface area contributed by atoms with Crippen molar-refractivity contribution in [1.82, 2.24) is 5.32 Å². The maximum atomic E-state index is 13.0. The number of hydrogen-bond acceptors (Lipinski definition) is 6. The van der Waals surface area contributed by atoms with E-state index < -0.39 is 17.7 Å². The van der Waals surface area contributed by atoms with E-state index in [4.69, 9.17) is 15.2 Å². The number of anilines is 1. The molecule has 2 heterocycles. The Morgan fingerprint density at radius 3 is 2.77 bits per heavy atom. The van der Waals surface area contributed by atoms with Gasteiger partial charge in [0, 0.05) is 25.2 Å². The van der Waals surface area contributed by atoms with Gasteiger partial charge >= 0.3 is 6.03 Å². The lowest BCUT2D eigenvalue weighted by atomic mass is 10.0. The molecule has 1 saturated heterocycles. The first kappa shape index (κ1) is 24.0. The normalized spacial score (nSPS) is 19.0. The second kappa shape index (κ2) is 10.4. The molecule has 2 aliphatic heterocycles. The van der Waals surface area contributed by atoms with Crippen LogP contribution < -0.4 is 20.7 Å². The summed E-state index contributed by atoms with van der Waals surface area (Å²) in [6.07, 6.45) is 3.30. The van der Waals surface area contributed by atoms with Crippen molar-refractivity contribution in [2.75, 3.05) is 31.8 Å². The largest absolute Gasteiger partial charge is 0.489 e. The fourth-order valence-corrected chi connectivity index (χ4v) is 3.54. The zero-order valence-electron chi connectivity index (χ0n) is 19.2. The molecule has 180 valence electrons. The van der Waals surface area contributed by atoms with Crippen LogP contribution in [0.3, 0.4) is 0 Å². The second-order valence-corrected chi connectivity index (χ2v) is 8.33. The van der Waals surface area contributed by atoms with Crippen LogP contribution in [0.25, 0.3) is 0 Å². The summed E-state index contributed by atoms with van der Waals surface area (Å²) in [7, 11) is 1.60. The van der Waals surface area contributed by atoms with Crippen molar-refractivity contribution in [3.8, 4) is 17.6 Å². The van der Waals surface area contributed by atoms with Crippen LogP contribution in [-0.2, 0) is 16.0 Å². The van der Waals surface area contributed by atoms with E-state index in [1.54, 1.807) is 25.2 Å². The molecular formula is C26H26N4O5. The number of likely N-dealkylation sites (N-methyl/N-ethyl adjacent to an activating group) is 1. The number of nitrogens with two attached hydrogens (primary N) is 1. The van der Waals surface area contributed by atoms with E-state index in [2.05, 4.69) is 22.2 Å². The molecule has 3 amide bonds. The van der Waals surface area contributed by atoms with Crippen LogP contribution >= 0.6 is 0 Å². The molecule has 2 aliphatic rings. The number of carbonyl (C=O) groups is 2. The fraction of sp³-hybridized carbons (Fsp3) is 0.269. The van der Waals surface area contributed by atoms with Gasteiger partial charge in [0.15, 0.2) is 5.60 Å². The molecule has 9 heteroatoms. The Hall–Kier alpha value is -4.13. The first-order valence-electron chi connectivity index (χ1n) is 11.0. The highest BCUT2D eigenvalue weighted by atomic mass is 16.5. The van der Waals surface area contributed by atoms with Gasteiger partial charge in [-0.15, -0.1) is 0 Å². The molecular weight excluding hydrogens is 448 g/mol. The molecule has 0 aromatic heterocycles. The zero-order valence-corrected chi connectivity index (χ0v) is 19.2. The SMILES string of the molecule is CN1C(=O)[C@@H](NC(=O)/N=C/C(=C\N)Cc2ccccc2)COc2ccc(C#CC3(O)COC3)cc21. The zero-order chi connectivity index (χ0) is 24.8. The molecule has 0 unspecified atom stereocenters. The third-order valence-corrected chi connectivity index (χ3v) is 5.59. The van der Waals surface area contributed by atoms with Gasteiger partial charge < -0.3 is 30.5 Å². The van der Waals surface area contributed by atoms with E-state index in [1.165, 1.54) is 17.3 Å². The van der Waals surface area contributed by atoms with Crippen molar-refractivity contribution in [2.24, 2.45) is 10.7 Å². The third-order valence-electron chi connectivity index (χ3n) is 5.59. The highest BCUT2D eigenvalue weighted by molar-refractivity contribution is 6.01. The van der Waals surface area contributed by atoms with Crippen LogP contribution in [0.4, 0.5) is 10.5 Å². The Bertz CT molecular complexity index is 1230. The molecule has 0 aliphatic carbocycles. The van der Waals surface area contributed by atoms with Gasteiger partial charge in [-0.25, -0.2) is 9.79 Å². The molecule has 4 N–H and O–H groups in total. The smallest absolute Gasteiger partial charge is 0.341 e. The Morgan fingerprint density at radius 1 is 1.31 bits per heavy atom. The number of hydrogen-bond donors (Lipinski definition) is 3. The van der Waals surface area contributed by atoms with E-state index in [-0.39, 0.29) is 25.7 Å². The standard InChI is InChI=1S/C26H26N4O5/c1-30-22-12-19(9-10-26(33)16-34-17-26)7-8-23(22)35-15-21(24(30)31)29-25(32)28-14-20(13-27)11-18-5-3-2-4-6-18/h2-8,12-14,21,33H,11,15-17,27H2,1H3,(H,29,32)/b20-13-,28-14+/t21-/m0/s1. The predicted molar refractivity (Wildman–Crippen MR) is 131 cm³/mol. The summed E-state index contributed by atoms with van der Waals surface area (Å²) in [5.41, 5.74) is 7.34. The minimum Gasteiger partial charge on any atom is -0.489 e. The number of aliphatic hydroxyl groups is 1. The lowest BCUT2D eigenvalue weighted by Gasteiger charge is -2.30.